The van der Waals surface area contributed by atoms with Crippen molar-refractivity contribution in [3.8, 4) is 5.75 Å². The molecule has 0 radical (unpaired) electrons. The standard InChI is InChI=1S/C34H33Cl3IN3O7/c1-21(2)17-27(40-32(44)46-19-22-11-5-3-6-12-22)30(42)41(33(45)47-20-34(35,36)37)28(31(43)48-23-13-7-4-8-14-23)18-25-24-15-9-10-16-26(24)39-29(25)38/h3-16,21,27-28,39H,17-20H2,1-2H3,(H,40,44)/t27-,28-/m0/s1. The molecule has 0 unspecified atom stereocenters. The van der Waals surface area contributed by atoms with Gasteiger partial charge in [0.15, 0.2) is 0 Å². The number of alkyl carbamates (subject to hydrolysis) is 1. The molecule has 14 heteroatoms. The first-order chi connectivity index (χ1) is 22.8. The molecule has 1 heterocycles. The predicted octanol–water partition coefficient (Wildman–Crippen LogP) is 7.97. The molecule has 4 aromatic rings. The third-order valence-electron chi connectivity index (χ3n) is 7.01. The highest BCUT2D eigenvalue weighted by Crippen LogP contribution is 2.29. The number of H-pyrrole nitrogens is 1. The molecule has 0 fully saturated rings. The molecule has 0 saturated heterocycles. The predicted molar refractivity (Wildman–Crippen MR) is 192 cm³/mol. The lowest BCUT2D eigenvalue weighted by atomic mass is 10.00. The van der Waals surface area contributed by atoms with Crippen LogP contribution in [0.3, 0.4) is 0 Å². The zero-order valence-electron chi connectivity index (χ0n) is 26.0. The Hall–Kier alpha value is -3.52. The number of ether oxygens (including phenoxy) is 3. The summed E-state index contributed by atoms with van der Waals surface area (Å²) in [7, 11) is 0. The number of hydrogen-bond donors (Lipinski definition) is 2. The van der Waals surface area contributed by atoms with Gasteiger partial charge in [0.2, 0.25) is 3.79 Å². The summed E-state index contributed by atoms with van der Waals surface area (Å²) in [5.41, 5.74) is 2.15. The van der Waals surface area contributed by atoms with Crippen LogP contribution in [0.5, 0.6) is 5.75 Å². The normalized spacial score (nSPS) is 12.6. The lowest BCUT2D eigenvalue weighted by Gasteiger charge is -2.32. The average molecular weight is 829 g/mol. The summed E-state index contributed by atoms with van der Waals surface area (Å²) >= 11 is 19.7. The van der Waals surface area contributed by atoms with E-state index in [0.717, 1.165) is 16.5 Å². The van der Waals surface area contributed by atoms with Crippen molar-refractivity contribution in [2.45, 2.75) is 49.2 Å². The number of nitrogens with one attached hydrogen (secondary N) is 2. The minimum absolute atomic E-state index is 0.0602. The second-order valence-corrected chi connectivity index (χ2v) is 14.8. The van der Waals surface area contributed by atoms with Crippen molar-refractivity contribution in [3.05, 3.63) is 99.8 Å². The van der Waals surface area contributed by atoms with E-state index in [4.69, 9.17) is 49.0 Å². The summed E-state index contributed by atoms with van der Waals surface area (Å²) in [6.45, 7) is 2.87. The van der Waals surface area contributed by atoms with Crippen LogP contribution in [0.1, 0.15) is 31.4 Å². The SMILES string of the molecule is CC(C)C[C@H](NC(=O)OCc1ccccc1)C(=O)N(C(=O)OCC(Cl)(Cl)Cl)[C@@H](Cc1c(I)[nH]c2ccccc12)C(=O)Oc1ccccc1. The molecule has 1 aromatic heterocycles. The van der Waals surface area contributed by atoms with Crippen LogP contribution in [0.15, 0.2) is 84.9 Å². The van der Waals surface area contributed by atoms with Crippen molar-refractivity contribution in [1.82, 2.24) is 15.2 Å². The van der Waals surface area contributed by atoms with E-state index in [-0.39, 0.29) is 31.1 Å². The Labute approximate surface area is 306 Å². The number of fused-ring (bicyclic) bond motifs is 1. The van der Waals surface area contributed by atoms with Gasteiger partial charge in [0.05, 0.1) is 3.70 Å². The van der Waals surface area contributed by atoms with Crippen molar-refractivity contribution in [3.63, 3.8) is 0 Å². The minimum atomic E-state index is -2.02. The molecular formula is C34H33Cl3IN3O7. The number of imide groups is 1. The topological polar surface area (TPSA) is 127 Å². The number of para-hydroxylation sites is 2. The first-order valence-electron chi connectivity index (χ1n) is 14.9. The molecule has 0 aliphatic carbocycles. The number of carbonyl (C=O) groups excluding carboxylic acids is 4. The highest BCUT2D eigenvalue weighted by Gasteiger charge is 2.42. The zero-order chi connectivity index (χ0) is 34.8. The van der Waals surface area contributed by atoms with Crippen molar-refractivity contribution in [1.29, 1.82) is 0 Å². The smallest absolute Gasteiger partial charge is 0.417 e. The molecule has 10 nitrogen and oxygen atoms in total. The molecule has 0 spiro atoms. The number of halogens is 4. The van der Waals surface area contributed by atoms with E-state index in [1.807, 2.05) is 44.2 Å². The minimum Gasteiger partial charge on any atom is -0.445 e. The highest BCUT2D eigenvalue weighted by atomic mass is 127. The van der Waals surface area contributed by atoms with E-state index < -0.39 is 46.5 Å². The highest BCUT2D eigenvalue weighted by molar-refractivity contribution is 14.1. The summed E-state index contributed by atoms with van der Waals surface area (Å²) in [5, 5.41) is 3.34. The number of rotatable bonds is 12. The fourth-order valence-electron chi connectivity index (χ4n) is 4.86. The largest absolute Gasteiger partial charge is 0.445 e. The van der Waals surface area contributed by atoms with Crippen molar-refractivity contribution in [2.75, 3.05) is 6.61 Å². The number of aromatic amines is 1. The lowest BCUT2D eigenvalue weighted by Crippen LogP contribution is -2.58. The monoisotopic (exact) mass is 827 g/mol. The van der Waals surface area contributed by atoms with Crippen LogP contribution in [0, 0.1) is 9.62 Å². The van der Waals surface area contributed by atoms with Crippen molar-refractivity contribution >= 4 is 92.4 Å². The van der Waals surface area contributed by atoms with E-state index >= 15 is 0 Å². The van der Waals surface area contributed by atoms with Gasteiger partial charge < -0.3 is 24.5 Å². The van der Waals surface area contributed by atoms with Crippen molar-refractivity contribution in [2.24, 2.45) is 5.92 Å². The van der Waals surface area contributed by atoms with Gasteiger partial charge in [0.25, 0.3) is 5.91 Å². The van der Waals surface area contributed by atoms with Crippen molar-refractivity contribution < 1.29 is 33.4 Å². The summed E-state index contributed by atoms with van der Waals surface area (Å²) < 4.78 is 15.0. The molecule has 2 atom stereocenters. The second kappa shape index (κ2) is 17.2. The number of hydrogen-bond acceptors (Lipinski definition) is 7. The number of aromatic nitrogens is 1. The first-order valence-corrected chi connectivity index (χ1v) is 17.1. The fraction of sp³-hybridized carbons (Fsp3) is 0.294. The Morgan fingerprint density at radius 3 is 2.17 bits per heavy atom. The van der Waals surface area contributed by atoms with Crippen LogP contribution < -0.4 is 10.1 Å². The van der Waals surface area contributed by atoms with E-state index in [9.17, 15) is 19.2 Å². The number of benzene rings is 3. The van der Waals surface area contributed by atoms with Crippen LogP contribution in [0.2, 0.25) is 0 Å². The van der Waals surface area contributed by atoms with E-state index in [2.05, 4.69) is 32.9 Å². The number of carbonyl (C=O) groups is 4. The Morgan fingerprint density at radius 2 is 1.52 bits per heavy atom. The van der Waals surface area contributed by atoms with Crippen LogP contribution in [0.25, 0.3) is 10.9 Å². The molecule has 0 bridgehead atoms. The van der Waals surface area contributed by atoms with Gasteiger partial charge in [0, 0.05) is 17.3 Å². The molecule has 0 aliphatic heterocycles. The summed E-state index contributed by atoms with van der Waals surface area (Å²) in [5.74, 6) is -1.84. The Balaban J connectivity index is 1.74. The number of nitrogens with zero attached hydrogens (tertiary/aromatic N) is 1. The third kappa shape index (κ3) is 10.7. The van der Waals surface area contributed by atoms with Gasteiger partial charge in [0.1, 0.15) is 31.0 Å². The Kier molecular flexibility index (Phi) is 13.4. The molecule has 254 valence electrons. The maximum Gasteiger partial charge on any atom is 0.417 e. The van der Waals surface area contributed by atoms with Gasteiger partial charge >= 0.3 is 18.2 Å². The third-order valence-corrected chi connectivity index (χ3v) is 8.26. The molecule has 0 saturated carbocycles. The molecule has 2 N–H and O–H groups in total. The van der Waals surface area contributed by atoms with Gasteiger partial charge in [-0.15, -0.1) is 0 Å². The summed E-state index contributed by atoms with van der Waals surface area (Å²) in [6.07, 6.45) is -2.26. The van der Waals surface area contributed by atoms with Crippen LogP contribution in [0.4, 0.5) is 9.59 Å². The lowest BCUT2D eigenvalue weighted by molar-refractivity contribution is -0.147. The van der Waals surface area contributed by atoms with Crippen LogP contribution in [-0.4, -0.2) is 56.4 Å². The number of esters is 1. The van der Waals surface area contributed by atoms with Gasteiger partial charge in [-0.1, -0.05) is 115 Å². The fourth-order valence-corrected chi connectivity index (χ4v) is 5.83. The molecule has 4 rings (SSSR count). The van der Waals surface area contributed by atoms with Gasteiger partial charge in [-0.3, -0.25) is 4.79 Å². The molecule has 3 amide bonds. The quantitative estimate of drug-likeness (QED) is 0.0643. The number of amides is 3. The van der Waals surface area contributed by atoms with Crippen LogP contribution in [-0.2, 0) is 32.1 Å². The summed E-state index contributed by atoms with van der Waals surface area (Å²) in [4.78, 5) is 59.2. The van der Waals surface area contributed by atoms with E-state index in [0.29, 0.717) is 14.2 Å². The zero-order valence-corrected chi connectivity index (χ0v) is 30.4. The van der Waals surface area contributed by atoms with E-state index in [1.165, 1.54) is 0 Å². The Morgan fingerprint density at radius 1 is 0.896 bits per heavy atom. The molecule has 0 aliphatic rings. The molecule has 3 aromatic carbocycles. The second-order valence-electron chi connectivity index (χ2n) is 11.2. The van der Waals surface area contributed by atoms with Crippen LogP contribution >= 0.6 is 57.4 Å². The Bertz CT molecular complexity index is 1720. The first kappa shape index (κ1) is 37.3. The maximum absolute atomic E-state index is 14.5. The summed E-state index contributed by atoms with van der Waals surface area (Å²) in [6, 6.07) is 21.7. The van der Waals surface area contributed by atoms with Gasteiger partial charge in [-0.2, -0.15) is 0 Å². The number of alkyl halides is 3. The maximum atomic E-state index is 14.5. The van der Waals surface area contributed by atoms with Gasteiger partial charge in [-0.25, -0.2) is 19.3 Å². The van der Waals surface area contributed by atoms with Gasteiger partial charge in [-0.05, 0) is 64.3 Å². The average Bonchev–Trinajstić information content (AvgIpc) is 3.36. The molecular weight excluding hydrogens is 796 g/mol. The van der Waals surface area contributed by atoms with E-state index in [1.54, 1.807) is 54.6 Å². The molecule has 48 heavy (non-hydrogen) atoms.